The minimum atomic E-state index is -4.42. The molecule has 1 aromatic carbocycles. The van der Waals surface area contributed by atoms with Gasteiger partial charge in [-0.1, -0.05) is 30.3 Å². The van der Waals surface area contributed by atoms with Gasteiger partial charge < -0.3 is 10.2 Å². The van der Waals surface area contributed by atoms with Crippen LogP contribution in [-0.2, 0) is 4.79 Å². The summed E-state index contributed by atoms with van der Waals surface area (Å²) < 4.78 is 39.8. The van der Waals surface area contributed by atoms with Crippen LogP contribution in [0.5, 0.6) is 0 Å². The van der Waals surface area contributed by atoms with Crippen LogP contribution in [0.15, 0.2) is 30.3 Å². The molecule has 3 nitrogen and oxygen atoms in total. The van der Waals surface area contributed by atoms with Crippen molar-refractivity contribution in [1.82, 2.24) is 10.2 Å². The molecule has 1 aliphatic rings. The lowest BCUT2D eigenvalue weighted by Gasteiger charge is -2.33. The number of halogens is 3. The number of hydrogen-bond acceptors (Lipinski definition) is 2. The maximum absolute atomic E-state index is 13.3. The number of likely N-dealkylation sites (tertiary alicyclic amines) is 1. The van der Waals surface area contributed by atoms with E-state index in [2.05, 4.69) is 5.32 Å². The fourth-order valence-electron chi connectivity index (χ4n) is 2.83. The first-order valence-electron chi connectivity index (χ1n) is 7.48. The Morgan fingerprint density at radius 2 is 1.86 bits per heavy atom. The van der Waals surface area contributed by atoms with E-state index in [0.29, 0.717) is 19.1 Å². The second kappa shape index (κ2) is 7.13. The van der Waals surface area contributed by atoms with E-state index in [1.807, 2.05) is 7.05 Å². The van der Waals surface area contributed by atoms with Crippen molar-refractivity contribution in [3.63, 3.8) is 0 Å². The van der Waals surface area contributed by atoms with E-state index in [9.17, 15) is 18.0 Å². The van der Waals surface area contributed by atoms with E-state index in [4.69, 9.17) is 0 Å². The van der Waals surface area contributed by atoms with Gasteiger partial charge >= 0.3 is 6.18 Å². The van der Waals surface area contributed by atoms with Gasteiger partial charge in [0.1, 0.15) is 0 Å². The molecule has 1 N–H and O–H groups in total. The van der Waals surface area contributed by atoms with Gasteiger partial charge in [0.15, 0.2) is 0 Å². The molecule has 6 heteroatoms. The number of amides is 1. The Labute approximate surface area is 128 Å². The van der Waals surface area contributed by atoms with Gasteiger partial charge in [0.2, 0.25) is 5.91 Å². The molecule has 0 saturated carbocycles. The van der Waals surface area contributed by atoms with Crippen molar-refractivity contribution in [3.8, 4) is 0 Å². The lowest BCUT2D eigenvalue weighted by atomic mass is 9.94. The lowest BCUT2D eigenvalue weighted by molar-refractivity contribution is -0.161. The SMILES string of the molecule is CNC1CCN(C(=O)CC(c2ccccc2)C(F)(F)F)CC1. The monoisotopic (exact) mass is 314 g/mol. The first-order valence-corrected chi connectivity index (χ1v) is 7.48. The van der Waals surface area contributed by atoms with Gasteiger partial charge in [-0.15, -0.1) is 0 Å². The summed E-state index contributed by atoms with van der Waals surface area (Å²) in [5.74, 6) is -2.15. The highest BCUT2D eigenvalue weighted by Crippen LogP contribution is 2.37. The minimum absolute atomic E-state index is 0.147. The van der Waals surface area contributed by atoms with Crippen molar-refractivity contribution in [2.45, 2.75) is 37.4 Å². The van der Waals surface area contributed by atoms with E-state index in [-0.39, 0.29) is 5.56 Å². The fraction of sp³-hybridized carbons (Fsp3) is 0.562. The number of nitrogens with zero attached hydrogens (tertiary/aromatic N) is 1. The van der Waals surface area contributed by atoms with E-state index in [1.54, 1.807) is 23.1 Å². The van der Waals surface area contributed by atoms with Crippen LogP contribution in [-0.4, -0.2) is 43.2 Å². The summed E-state index contributed by atoms with van der Waals surface area (Å²) in [6.45, 7) is 1.04. The highest BCUT2D eigenvalue weighted by Gasteiger charge is 2.42. The number of carbonyl (C=O) groups is 1. The van der Waals surface area contributed by atoms with Crippen molar-refractivity contribution in [3.05, 3.63) is 35.9 Å². The van der Waals surface area contributed by atoms with Gasteiger partial charge in [-0.05, 0) is 25.5 Å². The lowest BCUT2D eigenvalue weighted by Crippen LogP contribution is -2.44. The van der Waals surface area contributed by atoms with Crippen LogP contribution in [0.1, 0.15) is 30.7 Å². The van der Waals surface area contributed by atoms with Crippen molar-refractivity contribution >= 4 is 5.91 Å². The molecule has 1 fully saturated rings. The Balaban J connectivity index is 2.04. The molecule has 0 aromatic heterocycles. The zero-order valence-electron chi connectivity index (χ0n) is 12.6. The van der Waals surface area contributed by atoms with Gasteiger partial charge in [0, 0.05) is 25.6 Å². The number of hydrogen-bond donors (Lipinski definition) is 1. The number of nitrogens with one attached hydrogen (secondary N) is 1. The number of rotatable bonds is 4. The zero-order valence-corrected chi connectivity index (χ0v) is 12.6. The molecular weight excluding hydrogens is 293 g/mol. The largest absolute Gasteiger partial charge is 0.396 e. The third-order valence-electron chi connectivity index (χ3n) is 4.23. The molecule has 1 saturated heterocycles. The molecule has 1 heterocycles. The number of benzene rings is 1. The van der Waals surface area contributed by atoms with Gasteiger partial charge in [-0.25, -0.2) is 0 Å². The highest BCUT2D eigenvalue weighted by molar-refractivity contribution is 5.77. The molecule has 22 heavy (non-hydrogen) atoms. The van der Waals surface area contributed by atoms with Crippen LogP contribution in [0.2, 0.25) is 0 Å². The fourth-order valence-corrected chi connectivity index (χ4v) is 2.83. The van der Waals surface area contributed by atoms with E-state index in [1.165, 1.54) is 12.1 Å². The predicted octanol–water partition coefficient (Wildman–Crippen LogP) is 2.93. The smallest absolute Gasteiger partial charge is 0.343 e. The zero-order chi connectivity index (χ0) is 16.2. The average molecular weight is 314 g/mol. The Bertz CT molecular complexity index is 482. The molecule has 122 valence electrons. The van der Waals surface area contributed by atoms with Crippen molar-refractivity contribution in [2.75, 3.05) is 20.1 Å². The molecule has 1 amide bonds. The topological polar surface area (TPSA) is 32.3 Å². The van der Waals surface area contributed by atoms with Crippen LogP contribution in [0, 0.1) is 0 Å². The average Bonchev–Trinajstić information content (AvgIpc) is 2.52. The van der Waals surface area contributed by atoms with Crippen molar-refractivity contribution in [2.24, 2.45) is 0 Å². The van der Waals surface area contributed by atoms with E-state index in [0.717, 1.165) is 12.8 Å². The second-order valence-corrected chi connectivity index (χ2v) is 5.65. The Morgan fingerprint density at radius 1 is 1.27 bits per heavy atom. The summed E-state index contributed by atoms with van der Waals surface area (Å²) in [5.41, 5.74) is 0.147. The van der Waals surface area contributed by atoms with Gasteiger partial charge in [0.25, 0.3) is 0 Å². The standard InChI is InChI=1S/C16H21F3N2O/c1-20-13-7-9-21(10-8-13)15(22)11-14(16(17,18)19)12-5-3-2-4-6-12/h2-6,13-14,20H,7-11H2,1H3. The maximum atomic E-state index is 13.3. The summed E-state index contributed by atoms with van der Waals surface area (Å²) in [7, 11) is 1.86. The van der Waals surface area contributed by atoms with Crippen LogP contribution in [0.3, 0.4) is 0 Å². The summed E-state index contributed by atoms with van der Waals surface area (Å²) in [6.07, 6.45) is -3.37. The van der Waals surface area contributed by atoms with Gasteiger partial charge in [-0.2, -0.15) is 13.2 Å². The van der Waals surface area contributed by atoms with E-state index >= 15 is 0 Å². The molecule has 1 unspecified atom stereocenters. The molecule has 0 aliphatic carbocycles. The highest BCUT2D eigenvalue weighted by atomic mass is 19.4. The molecule has 0 spiro atoms. The maximum Gasteiger partial charge on any atom is 0.396 e. The Hall–Kier alpha value is -1.56. The summed E-state index contributed by atoms with van der Waals surface area (Å²) in [4.78, 5) is 13.8. The van der Waals surface area contributed by atoms with Crippen LogP contribution >= 0.6 is 0 Å². The summed E-state index contributed by atoms with van der Waals surface area (Å²) >= 11 is 0. The third kappa shape index (κ3) is 4.22. The molecule has 0 bridgehead atoms. The number of carbonyl (C=O) groups excluding carboxylic acids is 1. The van der Waals surface area contributed by atoms with E-state index < -0.39 is 24.4 Å². The Morgan fingerprint density at radius 3 is 2.36 bits per heavy atom. The molecule has 1 aliphatic heterocycles. The van der Waals surface area contributed by atoms with Crippen LogP contribution in [0.4, 0.5) is 13.2 Å². The Kier molecular flexibility index (Phi) is 5.45. The minimum Gasteiger partial charge on any atom is -0.343 e. The first kappa shape index (κ1) is 16.8. The molecular formula is C16H21F3N2O. The normalized spacial score (nSPS) is 18.3. The second-order valence-electron chi connectivity index (χ2n) is 5.65. The first-order chi connectivity index (χ1) is 10.4. The summed E-state index contributed by atoms with van der Waals surface area (Å²) in [5, 5.41) is 3.14. The van der Waals surface area contributed by atoms with Gasteiger partial charge in [0.05, 0.1) is 5.92 Å². The third-order valence-corrected chi connectivity index (χ3v) is 4.23. The van der Waals surface area contributed by atoms with Crippen LogP contribution < -0.4 is 5.32 Å². The molecule has 1 atom stereocenters. The molecule has 1 aromatic rings. The van der Waals surface area contributed by atoms with Crippen LogP contribution in [0.25, 0.3) is 0 Å². The number of piperidine rings is 1. The van der Waals surface area contributed by atoms with Gasteiger partial charge in [-0.3, -0.25) is 4.79 Å². The summed E-state index contributed by atoms with van der Waals surface area (Å²) in [6, 6.07) is 8.00. The quantitative estimate of drug-likeness (QED) is 0.927. The molecule has 2 rings (SSSR count). The molecule has 0 radical (unpaired) electrons. The van der Waals surface area contributed by atoms with Crippen molar-refractivity contribution < 1.29 is 18.0 Å². The predicted molar refractivity (Wildman–Crippen MR) is 78.5 cm³/mol. The van der Waals surface area contributed by atoms with Crippen molar-refractivity contribution in [1.29, 1.82) is 0 Å². The number of alkyl halides is 3.